The van der Waals surface area contributed by atoms with Crippen LogP contribution < -0.4 is 15.0 Å². The van der Waals surface area contributed by atoms with Crippen LogP contribution in [0.25, 0.3) is 10.2 Å². The first kappa shape index (κ1) is 21.1. The van der Waals surface area contributed by atoms with Crippen molar-refractivity contribution < 1.29 is 14.3 Å². The lowest BCUT2D eigenvalue weighted by molar-refractivity contribution is 0.102. The molecule has 9 heteroatoms. The summed E-state index contributed by atoms with van der Waals surface area (Å²) in [6.07, 6.45) is 4.18. The minimum atomic E-state index is -0.186. The van der Waals surface area contributed by atoms with Crippen LogP contribution in [0.4, 0.5) is 10.8 Å². The number of morpholine rings is 1. The first-order valence-corrected chi connectivity index (χ1v) is 11.7. The summed E-state index contributed by atoms with van der Waals surface area (Å²) in [5.41, 5.74) is 3.33. The minimum Gasteiger partial charge on any atom is -0.494 e. The van der Waals surface area contributed by atoms with Gasteiger partial charge in [-0.25, -0.2) is 4.98 Å². The third-order valence-corrected chi connectivity index (χ3v) is 6.93. The molecular weight excluding hydrogens is 426 g/mol. The molecule has 2 aromatic heterocycles. The van der Waals surface area contributed by atoms with Crippen molar-refractivity contribution in [1.82, 2.24) is 14.9 Å². The summed E-state index contributed by atoms with van der Waals surface area (Å²) in [6.45, 7) is 3.81. The number of pyridine rings is 1. The van der Waals surface area contributed by atoms with E-state index in [0.29, 0.717) is 35.7 Å². The van der Waals surface area contributed by atoms with E-state index in [2.05, 4.69) is 38.2 Å². The molecular formula is C23H27N5O3S. The summed E-state index contributed by atoms with van der Waals surface area (Å²) in [4.78, 5) is 26.7. The standard InChI is InChI=1S/C23H27N5O3S/c1-27(17-3-4-17)14-16-13-15(7-8-24-16)22(29)26-23-25-20-19(30-2)6-5-18(21(20)32-23)28-9-11-31-12-10-28/h5-8,13,17H,3-4,9-12,14H2,1-2H3,(H,25,26,29). The number of methoxy groups -OCH3 is 1. The number of carbonyl (C=O) groups is 1. The van der Waals surface area contributed by atoms with Gasteiger partial charge in [0.1, 0.15) is 11.3 Å². The van der Waals surface area contributed by atoms with Crippen molar-refractivity contribution >= 4 is 38.3 Å². The molecule has 3 aromatic rings. The number of nitrogens with zero attached hydrogens (tertiary/aromatic N) is 4. The van der Waals surface area contributed by atoms with Crippen LogP contribution in [0, 0.1) is 0 Å². The van der Waals surface area contributed by atoms with Gasteiger partial charge in [-0.1, -0.05) is 11.3 Å². The molecule has 2 aliphatic rings. The number of nitrogens with one attached hydrogen (secondary N) is 1. The number of ether oxygens (including phenoxy) is 2. The zero-order chi connectivity index (χ0) is 22.1. The van der Waals surface area contributed by atoms with Gasteiger partial charge in [0.25, 0.3) is 5.91 Å². The number of hydrogen-bond acceptors (Lipinski definition) is 8. The molecule has 5 rings (SSSR count). The Morgan fingerprint density at radius 3 is 2.88 bits per heavy atom. The summed E-state index contributed by atoms with van der Waals surface area (Å²) >= 11 is 1.47. The lowest BCUT2D eigenvalue weighted by Gasteiger charge is -2.29. The average molecular weight is 454 g/mol. The van der Waals surface area contributed by atoms with E-state index in [1.165, 1.54) is 24.2 Å². The van der Waals surface area contributed by atoms with Crippen LogP contribution in [0.3, 0.4) is 0 Å². The summed E-state index contributed by atoms with van der Waals surface area (Å²) in [5, 5.41) is 3.53. The van der Waals surface area contributed by atoms with Crippen molar-refractivity contribution in [1.29, 1.82) is 0 Å². The van der Waals surface area contributed by atoms with E-state index in [1.54, 1.807) is 19.4 Å². The number of aromatic nitrogens is 2. The van der Waals surface area contributed by atoms with Crippen LogP contribution in [0.15, 0.2) is 30.5 Å². The fraction of sp³-hybridized carbons (Fsp3) is 0.435. The van der Waals surface area contributed by atoms with Gasteiger partial charge in [-0.05, 0) is 44.2 Å². The number of anilines is 2. The van der Waals surface area contributed by atoms with Gasteiger partial charge in [-0.3, -0.25) is 20.0 Å². The Morgan fingerprint density at radius 2 is 2.12 bits per heavy atom. The molecule has 1 aliphatic carbocycles. The van der Waals surface area contributed by atoms with Gasteiger partial charge in [0.2, 0.25) is 0 Å². The predicted molar refractivity (Wildman–Crippen MR) is 126 cm³/mol. The van der Waals surface area contributed by atoms with Crippen molar-refractivity contribution in [2.75, 3.05) is 50.7 Å². The van der Waals surface area contributed by atoms with E-state index in [0.717, 1.165) is 41.2 Å². The fourth-order valence-corrected chi connectivity index (χ4v) is 5.04. The number of fused-ring (bicyclic) bond motifs is 1. The second kappa shape index (κ2) is 9.01. The first-order valence-electron chi connectivity index (χ1n) is 10.9. The van der Waals surface area contributed by atoms with E-state index in [1.807, 2.05) is 12.1 Å². The van der Waals surface area contributed by atoms with Crippen molar-refractivity contribution in [2.45, 2.75) is 25.4 Å². The largest absolute Gasteiger partial charge is 0.494 e. The van der Waals surface area contributed by atoms with Crippen LogP contribution in [0.1, 0.15) is 28.9 Å². The molecule has 1 N–H and O–H groups in total. The number of rotatable bonds is 7. The van der Waals surface area contributed by atoms with Crippen molar-refractivity contribution in [3.8, 4) is 5.75 Å². The number of hydrogen-bond donors (Lipinski definition) is 1. The summed E-state index contributed by atoms with van der Waals surface area (Å²) < 4.78 is 12.0. The molecule has 3 heterocycles. The highest BCUT2D eigenvalue weighted by Gasteiger charge is 2.26. The van der Waals surface area contributed by atoms with Crippen LogP contribution in [-0.2, 0) is 11.3 Å². The SMILES string of the molecule is COc1ccc(N2CCOCC2)c2sc(NC(=O)c3ccnc(CN(C)C4CC4)c3)nc12. The van der Waals surface area contributed by atoms with Crippen LogP contribution >= 0.6 is 11.3 Å². The molecule has 0 spiro atoms. The molecule has 0 bridgehead atoms. The van der Waals surface area contributed by atoms with Gasteiger partial charge < -0.3 is 14.4 Å². The molecule has 0 atom stereocenters. The van der Waals surface area contributed by atoms with Crippen LogP contribution in [0.2, 0.25) is 0 Å². The minimum absolute atomic E-state index is 0.186. The Labute approximate surface area is 191 Å². The van der Waals surface area contributed by atoms with Gasteiger partial charge in [0, 0.05) is 37.4 Å². The Balaban J connectivity index is 1.38. The molecule has 0 unspecified atom stereocenters. The zero-order valence-electron chi connectivity index (χ0n) is 18.3. The first-order chi connectivity index (χ1) is 15.6. The maximum Gasteiger partial charge on any atom is 0.257 e. The van der Waals surface area contributed by atoms with Crippen molar-refractivity contribution in [3.63, 3.8) is 0 Å². The molecule has 0 radical (unpaired) electrons. The summed E-state index contributed by atoms with van der Waals surface area (Å²) in [6, 6.07) is 8.24. The number of benzene rings is 1. The molecule has 8 nitrogen and oxygen atoms in total. The molecule has 1 aliphatic heterocycles. The van der Waals surface area contributed by atoms with Gasteiger partial charge >= 0.3 is 0 Å². The smallest absolute Gasteiger partial charge is 0.257 e. The van der Waals surface area contributed by atoms with E-state index in [9.17, 15) is 4.79 Å². The van der Waals surface area contributed by atoms with Crippen molar-refractivity contribution in [3.05, 3.63) is 41.7 Å². The molecule has 1 saturated heterocycles. The van der Waals surface area contributed by atoms with E-state index < -0.39 is 0 Å². The molecule has 1 saturated carbocycles. The van der Waals surface area contributed by atoms with Crippen molar-refractivity contribution in [2.24, 2.45) is 0 Å². The molecule has 1 aromatic carbocycles. The van der Waals surface area contributed by atoms with Crippen LogP contribution in [0.5, 0.6) is 5.75 Å². The highest BCUT2D eigenvalue weighted by molar-refractivity contribution is 7.23. The van der Waals surface area contributed by atoms with Gasteiger partial charge in [0.05, 0.1) is 36.4 Å². The van der Waals surface area contributed by atoms with E-state index in [-0.39, 0.29) is 5.91 Å². The Morgan fingerprint density at radius 1 is 1.31 bits per heavy atom. The number of amides is 1. The number of thiazole rings is 1. The number of carbonyl (C=O) groups excluding carboxylic acids is 1. The molecule has 168 valence electrons. The maximum absolute atomic E-state index is 13.0. The fourth-order valence-electron chi connectivity index (χ4n) is 4.02. The Kier molecular flexibility index (Phi) is 5.95. The Bertz CT molecular complexity index is 1120. The third-order valence-electron chi connectivity index (χ3n) is 5.94. The topological polar surface area (TPSA) is 79.8 Å². The maximum atomic E-state index is 13.0. The van der Waals surface area contributed by atoms with E-state index in [4.69, 9.17) is 9.47 Å². The van der Waals surface area contributed by atoms with E-state index >= 15 is 0 Å². The van der Waals surface area contributed by atoms with Gasteiger partial charge in [0.15, 0.2) is 5.13 Å². The highest BCUT2D eigenvalue weighted by atomic mass is 32.1. The second-order valence-corrected chi connectivity index (χ2v) is 9.22. The summed E-state index contributed by atoms with van der Waals surface area (Å²) in [5.74, 6) is 0.511. The Hall–Kier alpha value is -2.75. The third kappa shape index (κ3) is 4.41. The van der Waals surface area contributed by atoms with Crippen LogP contribution in [-0.4, -0.2) is 67.3 Å². The summed E-state index contributed by atoms with van der Waals surface area (Å²) in [7, 11) is 3.74. The van der Waals surface area contributed by atoms with Gasteiger partial charge in [-0.15, -0.1) is 0 Å². The predicted octanol–water partition coefficient (Wildman–Crippen LogP) is 3.38. The zero-order valence-corrected chi connectivity index (χ0v) is 19.2. The monoisotopic (exact) mass is 453 g/mol. The quantitative estimate of drug-likeness (QED) is 0.587. The van der Waals surface area contributed by atoms with Gasteiger partial charge in [-0.2, -0.15) is 0 Å². The highest BCUT2D eigenvalue weighted by Crippen LogP contribution is 2.39. The lowest BCUT2D eigenvalue weighted by Crippen LogP contribution is -2.36. The average Bonchev–Trinajstić information content (AvgIpc) is 3.59. The normalized spacial score (nSPS) is 16.5. The lowest BCUT2D eigenvalue weighted by atomic mass is 10.2. The second-order valence-electron chi connectivity index (χ2n) is 8.22. The molecule has 2 fully saturated rings. The molecule has 1 amide bonds. The molecule has 32 heavy (non-hydrogen) atoms.